The maximum atomic E-state index is 13.5. The molecule has 0 aliphatic heterocycles. The molecule has 1 aliphatic rings. The summed E-state index contributed by atoms with van der Waals surface area (Å²) in [4.78, 5) is 31.2. The van der Waals surface area contributed by atoms with E-state index < -0.39 is 0 Å². The number of nitrogens with zero attached hydrogens (tertiary/aromatic N) is 1. The number of carbonyl (C=O) groups excluding carboxylic acids is 2. The summed E-state index contributed by atoms with van der Waals surface area (Å²) in [6.45, 7) is 4.01. The van der Waals surface area contributed by atoms with Crippen LogP contribution in [0.15, 0.2) is 60.7 Å². The smallest absolute Gasteiger partial charge is 0.275 e. The molecule has 5 heteroatoms. The highest BCUT2D eigenvalue weighted by Crippen LogP contribution is 2.26. The van der Waals surface area contributed by atoms with E-state index in [1.54, 1.807) is 11.0 Å². The van der Waals surface area contributed by atoms with Crippen LogP contribution in [-0.2, 0) is 4.79 Å². The average Bonchev–Trinajstić information content (AvgIpc) is 3.47. The lowest BCUT2D eigenvalue weighted by Crippen LogP contribution is -2.44. The minimum Gasteiger partial charge on any atom is -0.352 e. The summed E-state index contributed by atoms with van der Waals surface area (Å²) in [5.74, 6) is -0.326. The molecule has 1 fully saturated rings. The van der Waals surface area contributed by atoms with Gasteiger partial charge in [0, 0.05) is 17.4 Å². The average molecular weight is 416 g/mol. The highest BCUT2D eigenvalue weighted by atomic mass is 16.2. The van der Waals surface area contributed by atoms with Gasteiger partial charge in [0.2, 0.25) is 5.91 Å². The highest BCUT2D eigenvalue weighted by Gasteiger charge is 2.25. The van der Waals surface area contributed by atoms with Crippen molar-refractivity contribution in [3.05, 3.63) is 77.5 Å². The third-order valence-electron chi connectivity index (χ3n) is 6.14. The van der Waals surface area contributed by atoms with Gasteiger partial charge in [-0.15, -0.1) is 0 Å². The molecular weight excluding hydrogens is 386 g/mol. The summed E-state index contributed by atoms with van der Waals surface area (Å²) in [6.07, 6.45) is 4.32. The first kappa shape index (κ1) is 20.9. The Morgan fingerprint density at radius 3 is 2.45 bits per heavy atom. The normalized spacial score (nSPS) is 13.9. The second-order valence-electron chi connectivity index (χ2n) is 8.31. The van der Waals surface area contributed by atoms with Crippen molar-refractivity contribution < 1.29 is 9.59 Å². The SMILES string of the molecule is Cc1cccc(N(CC(=O)NC2CCCC2)C(=O)c2ccc(-c3ccccc3)[nH]2)c1C. The number of aryl methyl sites for hydroxylation is 1. The molecule has 1 heterocycles. The number of aromatic amines is 1. The molecule has 2 aromatic carbocycles. The molecule has 160 valence electrons. The first-order valence-corrected chi connectivity index (χ1v) is 10.9. The van der Waals surface area contributed by atoms with E-state index in [0.29, 0.717) is 5.69 Å². The third-order valence-corrected chi connectivity index (χ3v) is 6.14. The van der Waals surface area contributed by atoms with Crippen LogP contribution in [0.3, 0.4) is 0 Å². The number of carbonyl (C=O) groups is 2. The van der Waals surface area contributed by atoms with Gasteiger partial charge >= 0.3 is 0 Å². The second-order valence-corrected chi connectivity index (χ2v) is 8.31. The molecule has 1 aliphatic carbocycles. The van der Waals surface area contributed by atoms with Crippen molar-refractivity contribution in [3.8, 4) is 11.3 Å². The van der Waals surface area contributed by atoms with Crippen molar-refractivity contribution in [1.82, 2.24) is 10.3 Å². The summed E-state index contributed by atoms with van der Waals surface area (Å²) in [5.41, 5.74) is 5.21. The molecule has 2 amide bonds. The summed E-state index contributed by atoms with van der Waals surface area (Å²) in [6, 6.07) is 19.7. The third kappa shape index (κ3) is 4.71. The molecule has 2 N–H and O–H groups in total. The molecular formula is C26H29N3O2. The van der Waals surface area contributed by atoms with Gasteiger partial charge in [-0.2, -0.15) is 0 Å². The van der Waals surface area contributed by atoms with Crippen LogP contribution in [0.25, 0.3) is 11.3 Å². The lowest BCUT2D eigenvalue weighted by Gasteiger charge is -2.25. The topological polar surface area (TPSA) is 65.2 Å². The van der Waals surface area contributed by atoms with Crippen molar-refractivity contribution in [1.29, 1.82) is 0 Å². The molecule has 0 unspecified atom stereocenters. The molecule has 31 heavy (non-hydrogen) atoms. The lowest BCUT2D eigenvalue weighted by atomic mass is 10.1. The number of nitrogens with one attached hydrogen (secondary N) is 2. The van der Waals surface area contributed by atoms with Crippen molar-refractivity contribution in [2.45, 2.75) is 45.6 Å². The van der Waals surface area contributed by atoms with Gasteiger partial charge in [0.15, 0.2) is 0 Å². The van der Waals surface area contributed by atoms with Gasteiger partial charge in [0.25, 0.3) is 5.91 Å². The quantitative estimate of drug-likeness (QED) is 0.595. The molecule has 0 radical (unpaired) electrons. The van der Waals surface area contributed by atoms with Crippen LogP contribution < -0.4 is 10.2 Å². The first-order chi connectivity index (χ1) is 15.0. The van der Waals surface area contributed by atoms with Crippen LogP contribution in [0, 0.1) is 13.8 Å². The lowest BCUT2D eigenvalue weighted by molar-refractivity contribution is -0.120. The van der Waals surface area contributed by atoms with Gasteiger partial charge in [-0.25, -0.2) is 0 Å². The maximum absolute atomic E-state index is 13.5. The zero-order chi connectivity index (χ0) is 21.8. The molecule has 1 saturated carbocycles. The number of anilines is 1. The zero-order valence-electron chi connectivity index (χ0n) is 18.2. The minimum atomic E-state index is -0.211. The van der Waals surface area contributed by atoms with Gasteiger partial charge in [-0.05, 0) is 61.6 Å². The van der Waals surface area contributed by atoms with Crippen molar-refractivity contribution in [2.24, 2.45) is 0 Å². The van der Waals surface area contributed by atoms with Gasteiger partial charge in [-0.1, -0.05) is 55.3 Å². The predicted octanol–water partition coefficient (Wildman–Crippen LogP) is 5.00. The Balaban J connectivity index is 1.62. The van der Waals surface area contributed by atoms with Crippen molar-refractivity contribution in [2.75, 3.05) is 11.4 Å². The molecule has 4 rings (SSSR count). The van der Waals surface area contributed by atoms with Gasteiger partial charge < -0.3 is 10.3 Å². The fraction of sp³-hybridized carbons (Fsp3) is 0.308. The molecule has 0 saturated heterocycles. The van der Waals surface area contributed by atoms with Crippen LogP contribution in [0.4, 0.5) is 5.69 Å². The Morgan fingerprint density at radius 2 is 1.71 bits per heavy atom. The molecule has 5 nitrogen and oxygen atoms in total. The fourth-order valence-electron chi connectivity index (χ4n) is 4.23. The number of rotatable bonds is 6. The predicted molar refractivity (Wildman–Crippen MR) is 124 cm³/mol. The molecule has 0 atom stereocenters. The summed E-state index contributed by atoms with van der Waals surface area (Å²) < 4.78 is 0. The van der Waals surface area contributed by atoms with E-state index in [4.69, 9.17) is 0 Å². The number of aromatic nitrogens is 1. The molecule has 0 spiro atoms. The van der Waals surface area contributed by atoms with Gasteiger partial charge in [0.05, 0.1) is 0 Å². The van der Waals surface area contributed by atoms with E-state index in [-0.39, 0.29) is 24.4 Å². The van der Waals surface area contributed by atoms with Gasteiger partial charge in [-0.3, -0.25) is 14.5 Å². The molecule has 0 bridgehead atoms. The van der Waals surface area contributed by atoms with Crippen LogP contribution >= 0.6 is 0 Å². The van der Waals surface area contributed by atoms with E-state index in [2.05, 4.69) is 10.3 Å². The van der Waals surface area contributed by atoms with Crippen molar-refractivity contribution >= 4 is 17.5 Å². The number of hydrogen-bond acceptors (Lipinski definition) is 2. The van der Waals surface area contributed by atoms with E-state index in [9.17, 15) is 9.59 Å². The highest BCUT2D eigenvalue weighted by molar-refractivity contribution is 6.08. The standard InChI is InChI=1S/C26H29N3O2/c1-18-9-8-14-24(19(18)2)29(17-25(30)27-21-12-6-7-13-21)26(31)23-16-15-22(28-23)20-10-4-3-5-11-20/h3-5,8-11,14-16,21,28H,6-7,12-13,17H2,1-2H3,(H,27,30). The Hall–Kier alpha value is -3.34. The fourth-order valence-corrected chi connectivity index (χ4v) is 4.23. The largest absolute Gasteiger partial charge is 0.352 e. The minimum absolute atomic E-state index is 0.000678. The Kier molecular flexibility index (Phi) is 6.21. The van der Waals surface area contributed by atoms with E-state index in [1.165, 1.54) is 0 Å². The molecule has 1 aromatic heterocycles. The number of H-pyrrole nitrogens is 1. The second kappa shape index (κ2) is 9.21. The summed E-state index contributed by atoms with van der Waals surface area (Å²) in [5, 5.41) is 3.11. The number of hydrogen-bond donors (Lipinski definition) is 2. The van der Waals surface area contributed by atoms with Crippen LogP contribution in [0.1, 0.15) is 47.3 Å². The summed E-state index contributed by atoms with van der Waals surface area (Å²) >= 11 is 0. The van der Waals surface area contributed by atoms with Gasteiger partial charge in [0.1, 0.15) is 12.2 Å². The van der Waals surface area contributed by atoms with E-state index in [1.807, 2.05) is 68.4 Å². The van der Waals surface area contributed by atoms with E-state index in [0.717, 1.165) is 53.8 Å². The van der Waals surface area contributed by atoms with Crippen molar-refractivity contribution in [3.63, 3.8) is 0 Å². The Bertz CT molecular complexity index is 1070. The first-order valence-electron chi connectivity index (χ1n) is 10.9. The Labute approximate surface area is 183 Å². The number of amides is 2. The van der Waals surface area contributed by atoms with Crippen LogP contribution in [-0.4, -0.2) is 29.4 Å². The molecule has 3 aromatic rings. The van der Waals surface area contributed by atoms with Crippen LogP contribution in [0.5, 0.6) is 0 Å². The van der Waals surface area contributed by atoms with E-state index >= 15 is 0 Å². The summed E-state index contributed by atoms with van der Waals surface area (Å²) in [7, 11) is 0. The maximum Gasteiger partial charge on any atom is 0.275 e. The zero-order valence-corrected chi connectivity index (χ0v) is 18.2. The monoisotopic (exact) mass is 415 g/mol. The Morgan fingerprint density at radius 1 is 0.968 bits per heavy atom. The number of benzene rings is 2. The van der Waals surface area contributed by atoms with Crippen LogP contribution in [0.2, 0.25) is 0 Å².